The van der Waals surface area contributed by atoms with Gasteiger partial charge in [0.15, 0.2) is 5.78 Å². The molecule has 0 fully saturated rings. The van der Waals surface area contributed by atoms with Crippen molar-refractivity contribution in [1.29, 1.82) is 0 Å². The Kier molecular flexibility index (Phi) is 4.23. The molecular formula is C12H16N2O3. The van der Waals surface area contributed by atoms with Crippen LogP contribution in [0.2, 0.25) is 0 Å². The van der Waals surface area contributed by atoms with E-state index in [2.05, 4.69) is 0 Å². The van der Waals surface area contributed by atoms with Crippen LogP contribution in [0.1, 0.15) is 16.8 Å². The van der Waals surface area contributed by atoms with Crippen LogP contribution < -0.4 is 10.6 Å². The summed E-state index contributed by atoms with van der Waals surface area (Å²) < 4.78 is 0. The van der Waals surface area contributed by atoms with Gasteiger partial charge in [0.1, 0.15) is 6.04 Å². The summed E-state index contributed by atoms with van der Waals surface area (Å²) in [4.78, 5) is 24.3. The molecule has 0 aliphatic heterocycles. The minimum absolute atomic E-state index is 0.194. The number of hydrogen-bond donors (Lipinski definition) is 2. The first kappa shape index (κ1) is 13.2. The number of nitrogens with two attached hydrogens (primary N) is 1. The molecule has 0 spiro atoms. The van der Waals surface area contributed by atoms with E-state index in [9.17, 15) is 9.59 Å². The standard InChI is InChI=1S/C12H16N2O3/c1-14(2)10-6-4-3-5-8(10)11(15)7-9(13)12(16)17/h3-6,9H,7,13H2,1-2H3,(H,16,17)/t9-/m1/s1. The average Bonchev–Trinajstić information content (AvgIpc) is 2.28. The highest BCUT2D eigenvalue weighted by Crippen LogP contribution is 2.19. The van der Waals surface area contributed by atoms with E-state index in [1.165, 1.54) is 0 Å². The fourth-order valence-corrected chi connectivity index (χ4v) is 1.50. The van der Waals surface area contributed by atoms with Crippen molar-refractivity contribution in [2.24, 2.45) is 5.73 Å². The Labute approximate surface area is 99.8 Å². The fourth-order valence-electron chi connectivity index (χ4n) is 1.50. The number of anilines is 1. The number of carboxylic acids is 1. The summed E-state index contributed by atoms with van der Waals surface area (Å²) >= 11 is 0. The highest BCUT2D eigenvalue weighted by Gasteiger charge is 2.19. The Morgan fingerprint density at radius 3 is 2.47 bits per heavy atom. The maximum absolute atomic E-state index is 11.9. The molecule has 0 aliphatic carbocycles. The van der Waals surface area contributed by atoms with Gasteiger partial charge in [-0.2, -0.15) is 0 Å². The topological polar surface area (TPSA) is 83.6 Å². The summed E-state index contributed by atoms with van der Waals surface area (Å²) in [5.74, 6) is -1.43. The zero-order valence-corrected chi connectivity index (χ0v) is 9.88. The second-order valence-electron chi connectivity index (χ2n) is 3.98. The van der Waals surface area contributed by atoms with Gasteiger partial charge in [-0.1, -0.05) is 12.1 Å². The van der Waals surface area contributed by atoms with Crippen LogP contribution in [0.15, 0.2) is 24.3 Å². The normalized spacial score (nSPS) is 11.9. The molecule has 0 bridgehead atoms. The Bertz CT molecular complexity index is 430. The number of aliphatic carboxylic acids is 1. The second-order valence-corrected chi connectivity index (χ2v) is 3.98. The van der Waals surface area contributed by atoms with E-state index in [1.54, 1.807) is 23.1 Å². The van der Waals surface area contributed by atoms with Gasteiger partial charge in [0.25, 0.3) is 0 Å². The number of nitrogens with zero attached hydrogens (tertiary/aromatic N) is 1. The van der Waals surface area contributed by atoms with Crippen molar-refractivity contribution >= 4 is 17.4 Å². The summed E-state index contributed by atoms with van der Waals surface area (Å²) in [6.45, 7) is 0. The maximum Gasteiger partial charge on any atom is 0.320 e. The minimum Gasteiger partial charge on any atom is -0.480 e. The predicted molar refractivity (Wildman–Crippen MR) is 65.3 cm³/mol. The largest absolute Gasteiger partial charge is 0.480 e. The number of carbonyl (C=O) groups excluding carboxylic acids is 1. The molecule has 1 atom stereocenters. The average molecular weight is 236 g/mol. The Hall–Kier alpha value is -1.88. The van der Waals surface area contributed by atoms with E-state index in [-0.39, 0.29) is 12.2 Å². The summed E-state index contributed by atoms with van der Waals surface area (Å²) in [5.41, 5.74) is 6.60. The molecule has 0 heterocycles. The van der Waals surface area contributed by atoms with Gasteiger partial charge in [0, 0.05) is 31.8 Å². The molecule has 0 saturated heterocycles. The fraction of sp³-hybridized carbons (Fsp3) is 0.333. The van der Waals surface area contributed by atoms with Gasteiger partial charge in [0.05, 0.1) is 0 Å². The van der Waals surface area contributed by atoms with E-state index in [0.29, 0.717) is 5.56 Å². The lowest BCUT2D eigenvalue weighted by Gasteiger charge is -2.17. The number of ketones is 1. The predicted octanol–water partition coefficient (Wildman–Crippen LogP) is 0.737. The first-order chi connectivity index (χ1) is 7.93. The number of carbonyl (C=O) groups is 2. The van der Waals surface area contributed by atoms with Gasteiger partial charge in [-0.3, -0.25) is 9.59 Å². The van der Waals surface area contributed by atoms with Crippen molar-refractivity contribution in [2.45, 2.75) is 12.5 Å². The first-order valence-electron chi connectivity index (χ1n) is 5.21. The lowest BCUT2D eigenvalue weighted by Crippen LogP contribution is -2.32. The smallest absolute Gasteiger partial charge is 0.320 e. The third kappa shape index (κ3) is 3.29. The van der Waals surface area contributed by atoms with Crippen LogP contribution in [-0.2, 0) is 4.79 Å². The van der Waals surface area contributed by atoms with Crippen LogP contribution >= 0.6 is 0 Å². The maximum atomic E-state index is 11.9. The van der Waals surface area contributed by atoms with Gasteiger partial charge >= 0.3 is 5.97 Å². The third-order valence-corrected chi connectivity index (χ3v) is 2.41. The molecule has 0 radical (unpaired) electrons. The molecule has 1 rings (SSSR count). The summed E-state index contributed by atoms with van der Waals surface area (Å²) in [6.07, 6.45) is -0.194. The van der Waals surface area contributed by atoms with Crippen LogP contribution in [0.4, 0.5) is 5.69 Å². The van der Waals surface area contributed by atoms with Crippen molar-refractivity contribution in [3.63, 3.8) is 0 Å². The molecular weight excluding hydrogens is 220 g/mol. The molecule has 1 aromatic rings. The molecule has 17 heavy (non-hydrogen) atoms. The molecule has 0 unspecified atom stereocenters. The van der Waals surface area contributed by atoms with E-state index >= 15 is 0 Å². The first-order valence-corrected chi connectivity index (χ1v) is 5.21. The van der Waals surface area contributed by atoms with Crippen molar-refractivity contribution < 1.29 is 14.7 Å². The molecule has 3 N–H and O–H groups in total. The summed E-state index contributed by atoms with van der Waals surface area (Å²) in [7, 11) is 3.65. The molecule has 1 aromatic carbocycles. The van der Waals surface area contributed by atoms with Gasteiger partial charge in [0.2, 0.25) is 0 Å². The molecule has 5 nitrogen and oxygen atoms in total. The Morgan fingerprint density at radius 2 is 1.94 bits per heavy atom. The SMILES string of the molecule is CN(C)c1ccccc1C(=O)C[C@@H](N)C(=O)O. The molecule has 5 heteroatoms. The molecule has 0 aromatic heterocycles. The third-order valence-electron chi connectivity index (χ3n) is 2.41. The molecule has 0 amide bonds. The number of benzene rings is 1. The Morgan fingerprint density at radius 1 is 1.35 bits per heavy atom. The van der Waals surface area contributed by atoms with Crippen molar-refractivity contribution in [2.75, 3.05) is 19.0 Å². The van der Waals surface area contributed by atoms with Gasteiger partial charge < -0.3 is 15.7 Å². The molecule has 0 aliphatic rings. The Balaban J connectivity index is 2.93. The number of rotatable bonds is 5. The summed E-state index contributed by atoms with van der Waals surface area (Å²) in [5, 5.41) is 8.67. The van der Waals surface area contributed by atoms with Crippen LogP contribution in [0.3, 0.4) is 0 Å². The van der Waals surface area contributed by atoms with Crippen LogP contribution in [0.5, 0.6) is 0 Å². The highest BCUT2D eigenvalue weighted by molar-refractivity contribution is 6.03. The van der Waals surface area contributed by atoms with E-state index in [4.69, 9.17) is 10.8 Å². The van der Waals surface area contributed by atoms with Gasteiger partial charge in [-0.25, -0.2) is 0 Å². The zero-order chi connectivity index (χ0) is 13.0. The zero-order valence-electron chi connectivity index (χ0n) is 9.88. The highest BCUT2D eigenvalue weighted by atomic mass is 16.4. The van der Waals surface area contributed by atoms with Gasteiger partial charge in [-0.15, -0.1) is 0 Å². The number of Topliss-reactive ketones (excluding diaryl/α,β-unsaturated/α-hetero) is 1. The van der Waals surface area contributed by atoms with E-state index < -0.39 is 12.0 Å². The van der Waals surface area contributed by atoms with Crippen molar-refractivity contribution in [3.05, 3.63) is 29.8 Å². The van der Waals surface area contributed by atoms with Gasteiger partial charge in [-0.05, 0) is 12.1 Å². The monoisotopic (exact) mass is 236 g/mol. The van der Waals surface area contributed by atoms with Crippen LogP contribution in [0, 0.1) is 0 Å². The number of carboxylic acid groups (broad SMARTS) is 1. The molecule has 0 saturated carbocycles. The van der Waals surface area contributed by atoms with Crippen molar-refractivity contribution in [3.8, 4) is 0 Å². The van der Waals surface area contributed by atoms with Crippen molar-refractivity contribution in [1.82, 2.24) is 0 Å². The van der Waals surface area contributed by atoms with E-state index in [1.807, 2.05) is 20.2 Å². The quantitative estimate of drug-likeness (QED) is 0.736. The lowest BCUT2D eigenvalue weighted by atomic mass is 10.0. The van der Waals surface area contributed by atoms with Crippen LogP contribution in [0.25, 0.3) is 0 Å². The molecule has 92 valence electrons. The number of hydrogen-bond acceptors (Lipinski definition) is 4. The second kappa shape index (κ2) is 5.45. The summed E-state index contributed by atoms with van der Waals surface area (Å²) in [6, 6.07) is 5.89. The minimum atomic E-state index is -1.17. The number of para-hydroxylation sites is 1. The van der Waals surface area contributed by atoms with Crippen LogP contribution in [-0.4, -0.2) is 37.0 Å². The lowest BCUT2D eigenvalue weighted by molar-refractivity contribution is -0.138. The van der Waals surface area contributed by atoms with E-state index in [0.717, 1.165) is 5.69 Å².